The standard InChI is InChI=1S/C11H14BrNOS/c1-7(2)10(15)11(14)13-9-5-3-4-8(12)6-9/h3-7,10,15H,1-2H3,(H,13,14). The largest absolute Gasteiger partial charge is 0.325 e. The number of halogens is 1. The van der Waals surface area contributed by atoms with Gasteiger partial charge in [0.2, 0.25) is 5.91 Å². The second-order valence-electron chi connectivity index (χ2n) is 3.69. The van der Waals surface area contributed by atoms with Crippen molar-refractivity contribution in [1.82, 2.24) is 0 Å². The lowest BCUT2D eigenvalue weighted by Gasteiger charge is -2.14. The molecule has 1 aromatic rings. The Morgan fingerprint density at radius 1 is 1.47 bits per heavy atom. The molecular weight excluding hydrogens is 274 g/mol. The van der Waals surface area contributed by atoms with Crippen LogP contribution in [0.5, 0.6) is 0 Å². The van der Waals surface area contributed by atoms with E-state index < -0.39 is 0 Å². The molecule has 0 bridgehead atoms. The first-order valence-electron chi connectivity index (χ1n) is 4.75. The quantitative estimate of drug-likeness (QED) is 0.821. The highest BCUT2D eigenvalue weighted by Gasteiger charge is 2.17. The van der Waals surface area contributed by atoms with Crippen molar-refractivity contribution in [3.05, 3.63) is 28.7 Å². The number of carbonyl (C=O) groups excluding carboxylic acids is 1. The van der Waals surface area contributed by atoms with Gasteiger partial charge in [-0.05, 0) is 24.1 Å². The minimum atomic E-state index is -0.274. The topological polar surface area (TPSA) is 29.1 Å². The molecule has 0 saturated heterocycles. The maximum Gasteiger partial charge on any atom is 0.237 e. The van der Waals surface area contributed by atoms with E-state index in [1.807, 2.05) is 38.1 Å². The molecule has 82 valence electrons. The van der Waals surface area contributed by atoms with Crippen LogP contribution in [0.25, 0.3) is 0 Å². The Morgan fingerprint density at radius 3 is 2.67 bits per heavy atom. The van der Waals surface area contributed by atoms with Gasteiger partial charge in [-0.2, -0.15) is 12.6 Å². The van der Waals surface area contributed by atoms with E-state index >= 15 is 0 Å². The van der Waals surface area contributed by atoms with Gasteiger partial charge < -0.3 is 5.32 Å². The van der Waals surface area contributed by atoms with Gasteiger partial charge >= 0.3 is 0 Å². The number of rotatable bonds is 3. The summed E-state index contributed by atoms with van der Waals surface area (Å²) in [5.41, 5.74) is 0.786. The van der Waals surface area contributed by atoms with Gasteiger partial charge in [-0.3, -0.25) is 4.79 Å². The molecule has 0 radical (unpaired) electrons. The summed E-state index contributed by atoms with van der Waals surface area (Å²) in [6.45, 7) is 3.94. The van der Waals surface area contributed by atoms with Crippen molar-refractivity contribution in [2.24, 2.45) is 5.92 Å². The fraction of sp³-hybridized carbons (Fsp3) is 0.364. The molecule has 1 unspecified atom stereocenters. The van der Waals surface area contributed by atoms with Gasteiger partial charge in [-0.1, -0.05) is 35.8 Å². The molecule has 15 heavy (non-hydrogen) atoms. The fourth-order valence-electron chi connectivity index (χ4n) is 1.09. The zero-order valence-electron chi connectivity index (χ0n) is 8.70. The number of carbonyl (C=O) groups is 1. The molecule has 1 rings (SSSR count). The van der Waals surface area contributed by atoms with E-state index in [1.165, 1.54) is 0 Å². The minimum Gasteiger partial charge on any atom is -0.325 e. The first kappa shape index (κ1) is 12.6. The number of nitrogens with one attached hydrogen (secondary N) is 1. The highest BCUT2D eigenvalue weighted by Crippen LogP contribution is 2.17. The lowest BCUT2D eigenvalue weighted by Crippen LogP contribution is -2.27. The second kappa shape index (κ2) is 5.56. The molecular formula is C11H14BrNOS. The fourth-order valence-corrected chi connectivity index (χ4v) is 1.55. The van der Waals surface area contributed by atoms with Gasteiger partial charge in [-0.15, -0.1) is 0 Å². The first-order valence-corrected chi connectivity index (χ1v) is 6.06. The number of thiol groups is 1. The normalized spacial score (nSPS) is 12.6. The van der Waals surface area contributed by atoms with E-state index in [0.29, 0.717) is 0 Å². The Morgan fingerprint density at radius 2 is 2.13 bits per heavy atom. The van der Waals surface area contributed by atoms with Crippen molar-refractivity contribution < 1.29 is 4.79 Å². The predicted molar refractivity (Wildman–Crippen MR) is 70.4 cm³/mol. The monoisotopic (exact) mass is 287 g/mol. The Kier molecular flexibility index (Phi) is 4.67. The van der Waals surface area contributed by atoms with Crippen LogP contribution in [-0.4, -0.2) is 11.2 Å². The van der Waals surface area contributed by atoms with Crippen LogP contribution in [-0.2, 0) is 4.79 Å². The van der Waals surface area contributed by atoms with Crippen LogP contribution in [0, 0.1) is 5.92 Å². The molecule has 0 aliphatic rings. The summed E-state index contributed by atoms with van der Waals surface area (Å²) in [6.07, 6.45) is 0. The Hall–Kier alpha value is -0.480. The van der Waals surface area contributed by atoms with E-state index in [-0.39, 0.29) is 17.1 Å². The maximum absolute atomic E-state index is 11.7. The number of anilines is 1. The molecule has 4 heteroatoms. The molecule has 0 aliphatic heterocycles. The molecule has 2 nitrogen and oxygen atoms in total. The Balaban J connectivity index is 2.66. The predicted octanol–water partition coefficient (Wildman–Crippen LogP) is 3.34. The van der Waals surface area contributed by atoms with Crippen molar-refractivity contribution in [1.29, 1.82) is 0 Å². The summed E-state index contributed by atoms with van der Waals surface area (Å²) < 4.78 is 0.945. The van der Waals surface area contributed by atoms with Crippen molar-refractivity contribution in [3.63, 3.8) is 0 Å². The SMILES string of the molecule is CC(C)C(S)C(=O)Nc1cccc(Br)c1. The van der Waals surface area contributed by atoms with Crippen molar-refractivity contribution in [2.75, 3.05) is 5.32 Å². The summed E-state index contributed by atoms with van der Waals surface area (Å²) in [5, 5.41) is 2.54. The third-order valence-electron chi connectivity index (χ3n) is 1.99. The van der Waals surface area contributed by atoms with Gasteiger partial charge in [0.05, 0.1) is 5.25 Å². The number of hydrogen-bond donors (Lipinski definition) is 2. The smallest absolute Gasteiger partial charge is 0.237 e. The van der Waals surface area contributed by atoms with Crippen molar-refractivity contribution in [3.8, 4) is 0 Å². The minimum absolute atomic E-state index is 0.0635. The molecule has 0 heterocycles. The molecule has 0 saturated carbocycles. The zero-order valence-corrected chi connectivity index (χ0v) is 11.2. The van der Waals surface area contributed by atoms with Crippen LogP contribution in [0.15, 0.2) is 28.7 Å². The van der Waals surface area contributed by atoms with E-state index in [1.54, 1.807) is 0 Å². The second-order valence-corrected chi connectivity index (χ2v) is 5.16. The highest BCUT2D eigenvalue weighted by molar-refractivity contribution is 9.10. The van der Waals surface area contributed by atoms with Crippen molar-refractivity contribution in [2.45, 2.75) is 19.1 Å². The van der Waals surface area contributed by atoms with E-state index in [0.717, 1.165) is 10.2 Å². The van der Waals surface area contributed by atoms with Crippen molar-refractivity contribution >= 4 is 40.2 Å². The molecule has 0 aromatic heterocycles. The first-order chi connectivity index (χ1) is 7.00. The summed E-state index contributed by atoms with van der Waals surface area (Å²) in [6, 6.07) is 7.50. The molecule has 1 amide bonds. The Labute approximate surface area is 104 Å². The van der Waals surface area contributed by atoms with Gasteiger partial charge in [-0.25, -0.2) is 0 Å². The van der Waals surface area contributed by atoms with Crippen LogP contribution >= 0.6 is 28.6 Å². The Bertz CT molecular complexity index is 354. The zero-order chi connectivity index (χ0) is 11.4. The highest BCUT2D eigenvalue weighted by atomic mass is 79.9. The third-order valence-corrected chi connectivity index (χ3v) is 3.32. The van der Waals surface area contributed by atoms with E-state index in [9.17, 15) is 4.79 Å². The van der Waals surface area contributed by atoms with E-state index in [4.69, 9.17) is 0 Å². The molecule has 1 atom stereocenters. The van der Waals surface area contributed by atoms with Gasteiger partial charge in [0.25, 0.3) is 0 Å². The third kappa shape index (κ3) is 3.87. The summed E-state index contributed by atoms with van der Waals surface area (Å²) in [7, 11) is 0. The molecule has 0 fully saturated rings. The van der Waals surface area contributed by atoms with E-state index in [2.05, 4.69) is 33.9 Å². The number of hydrogen-bond acceptors (Lipinski definition) is 2. The summed E-state index contributed by atoms with van der Waals surface area (Å²) in [4.78, 5) is 11.7. The van der Waals surface area contributed by atoms with Crippen LogP contribution < -0.4 is 5.32 Å². The molecule has 0 aliphatic carbocycles. The molecule has 1 N–H and O–H groups in total. The summed E-state index contributed by atoms with van der Waals surface area (Å²) in [5.74, 6) is 0.159. The van der Waals surface area contributed by atoms with Crippen LogP contribution in [0.3, 0.4) is 0 Å². The number of benzene rings is 1. The average Bonchev–Trinajstić information content (AvgIpc) is 2.16. The molecule has 0 spiro atoms. The van der Waals surface area contributed by atoms with Crippen LogP contribution in [0.2, 0.25) is 0 Å². The number of amides is 1. The van der Waals surface area contributed by atoms with Gasteiger partial charge in [0, 0.05) is 10.2 Å². The maximum atomic E-state index is 11.7. The lowest BCUT2D eigenvalue weighted by molar-refractivity contribution is -0.116. The summed E-state index contributed by atoms with van der Waals surface area (Å²) >= 11 is 7.60. The molecule has 1 aromatic carbocycles. The average molecular weight is 288 g/mol. The van der Waals surface area contributed by atoms with Gasteiger partial charge in [0.1, 0.15) is 0 Å². The van der Waals surface area contributed by atoms with Crippen LogP contribution in [0.4, 0.5) is 5.69 Å². The van der Waals surface area contributed by atoms with Crippen LogP contribution in [0.1, 0.15) is 13.8 Å². The van der Waals surface area contributed by atoms with Gasteiger partial charge in [0.15, 0.2) is 0 Å². The lowest BCUT2D eigenvalue weighted by atomic mass is 10.1.